The van der Waals surface area contributed by atoms with Crippen LogP contribution in [0.25, 0.3) is 0 Å². The van der Waals surface area contributed by atoms with E-state index in [0.29, 0.717) is 19.7 Å². The van der Waals surface area contributed by atoms with Crippen LogP contribution in [0, 0.1) is 10.1 Å². The number of methoxy groups -OCH3 is 1. The minimum absolute atomic E-state index is 0.137. The Morgan fingerprint density at radius 1 is 1.52 bits per heavy atom. The number of hydrogen-bond donors (Lipinski definition) is 1. The van der Waals surface area contributed by atoms with Crippen molar-refractivity contribution < 1.29 is 14.5 Å². The van der Waals surface area contributed by atoms with Gasteiger partial charge in [0.2, 0.25) is 0 Å². The summed E-state index contributed by atoms with van der Waals surface area (Å²) < 4.78 is 4.94. The molecule has 0 unspecified atom stereocenters. The van der Waals surface area contributed by atoms with Gasteiger partial charge >= 0.3 is 0 Å². The smallest absolute Gasteiger partial charge is 0.294 e. The average Bonchev–Trinajstić information content (AvgIpc) is 2.46. The lowest BCUT2D eigenvalue weighted by molar-refractivity contribution is -0.384. The molecule has 7 nitrogen and oxygen atoms in total. The van der Waals surface area contributed by atoms with Gasteiger partial charge in [0.25, 0.3) is 11.6 Å². The van der Waals surface area contributed by atoms with Gasteiger partial charge in [-0.15, -0.1) is 0 Å². The van der Waals surface area contributed by atoms with E-state index in [9.17, 15) is 14.9 Å². The average molecular weight is 316 g/mol. The number of carbonyl (C=O) groups is 1. The molecule has 0 aliphatic carbocycles. The minimum atomic E-state index is -0.570. The molecule has 0 bridgehead atoms. The highest BCUT2D eigenvalue weighted by Crippen LogP contribution is 2.33. The lowest BCUT2D eigenvalue weighted by Crippen LogP contribution is -2.33. The van der Waals surface area contributed by atoms with Crippen LogP contribution in [0.3, 0.4) is 0 Å². The van der Waals surface area contributed by atoms with Crippen LogP contribution in [0.15, 0.2) is 12.1 Å². The molecule has 0 heterocycles. The van der Waals surface area contributed by atoms with E-state index in [2.05, 4.69) is 5.32 Å². The first-order valence-corrected chi connectivity index (χ1v) is 6.77. The van der Waals surface area contributed by atoms with Crippen LogP contribution < -0.4 is 5.32 Å². The van der Waals surface area contributed by atoms with E-state index in [0.717, 1.165) is 0 Å². The number of nitro groups is 1. The Balaban J connectivity index is 3.18. The summed E-state index contributed by atoms with van der Waals surface area (Å²) in [5.41, 5.74) is 0.151. The van der Waals surface area contributed by atoms with Crippen LogP contribution >= 0.6 is 11.6 Å². The van der Waals surface area contributed by atoms with Gasteiger partial charge in [-0.05, 0) is 13.0 Å². The summed E-state index contributed by atoms with van der Waals surface area (Å²) >= 11 is 6.01. The predicted molar refractivity (Wildman–Crippen MR) is 81.1 cm³/mol. The number of likely N-dealkylation sites (N-methyl/N-ethyl adjacent to an activating group) is 1. The quantitative estimate of drug-likeness (QED) is 0.617. The van der Waals surface area contributed by atoms with Crippen molar-refractivity contribution >= 4 is 28.9 Å². The molecule has 0 atom stereocenters. The van der Waals surface area contributed by atoms with Crippen molar-refractivity contribution in [2.24, 2.45) is 0 Å². The van der Waals surface area contributed by atoms with Gasteiger partial charge in [-0.25, -0.2) is 0 Å². The maximum atomic E-state index is 12.4. The van der Waals surface area contributed by atoms with Crippen molar-refractivity contribution in [3.05, 3.63) is 32.8 Å². The molecule has 1 N–H and O–H groups in total. The van der Waals surface area contributed by atoms with E-state index in [4.69, 9.17) is 16.3 Å². The number of nitro benzene ring substituents is 1. The maximum Gasteiger partial charge on any atom is 0.294 e. The molecule has 0 aliphatic heterocycles. The molecule has 0 saturated heterocycles. The van der Waals surface area contributed by atoms with Gasteiger partial charge in [0.1, 0.15) is 5.69 Å². The lowest BCUT2D eigenvalue weighted by atomic mass is 10.1. The van der Waals surface area contributed by atoms with E-state index in [-0.39, 0.29) is 27.9 Å². The third-order valence-corrected chi connectivity index (χ3v) is 3.30. The molecule has 21 heavy (non-hydrogen) atoms. The van der Waals surface area contributed by atoms with Gasteiger partial charge in [-0.1, -0.05) is 11.6 Å². The summed E-state index contributed by atoms with van der Waals surface area (Å²) in [7, 11) is 3.08. The van der Waals surface area contributed by atoms with Gasteiger partial charge < -0.3 is 15.0 Å². The van der Waals surface area contributed by atoms with Crippen LogP contribution in [-0.4, -0.2) is 49.6 Å². The lowest BCUT2D eigenvalue weighted by Gasteiger charge is -2.20. The van der Waals surface area contributed by atoms with Crippen LogP contribution in [0.1, 0.15) is 17.3 Å². The van der Waals surface area contributed by atoms with E-state index in [1.54, 1.807) is 7.11 Å². The zero-order valence-corrected chi connectivity index (χ0v) is 12.9. The number of anilines is 1. The zero-order chi connectivity index (χ0) is 16.0. The second-order valence-corrected chi connectivity index (χ2v) is 4.64. The molecule has 8 heteroatoms. The van der Waals surface area contributed by atoms with Gasteiger partial charge in [0, 0.05) is 38.9 Å². The second kappa shape index (κ2) is 7.80. The Morgan fingerprint density at radius 2 is 2.19 bits per heavy atom. The summed E-state index contributed by atoms with van der Waals surface area (Å²) in [5.74, 6) is -0.317. The minimum Gasteiger partial charge on any atom is -0.383 e. The fraction of sp³-hybridized carbons (Fsp3) is 0.462. The number of nitrogens with one attached hydrogen (secondary N) is 1. The number of ether oxygens (including phenoxy) is 1. The van der Waals surface area contributed by atoms with E-state index < -0.39 is 4.92 Å². The molecular formula is C13H18ClN3O4. The maximum absolute atomic E-state index is 12.4. The fourth-order valence-corrected chi connectivity index (χ4v) is 2.20. The topological polar surface area (TPSA) is 84.7 Å². The Bertz CT molecular complexity index is 536. The first kappa shape index (κ1) is 17.2. The van der Waals surface area contributed by atoms with Crippen LogP contribution in [0.4, 0.5) is 11.4 Å². The number of halogens is 1. The van der Waals surface area contributed by atoms with Crippen molar-refractivity contribution in [3.8, 4) is 0 Å². The van der Waals surface area contributed by atoms with E-state index in [1.165, 1.54) is 24.1 Å². The molecule has 0 aliphatic rings. The fourth-order valence-electron chi connectivity index (χ4n) is 1.89. The third-order valence-electron chi connectivity index (χ3n) is 3.00. The number of amides is 1. The molecule has 1 amide bonds. The SMILES string of the molecule is CCN(CCOC)C(=O)c1cc(Cl)c(NC)c([N+](=O)[O-])c1. The predicted octanol–water partition coefficient (Wildman–Crippen LogP) is 2.40. The highest BCUT2D eigenvalue weighted by atomic mass is 35.5. The van der Waals surface area contributed by atoms with Gasteiger partial charge in [0.15, 0.2) is 0 Å². The summed E-state index contributed by atoms with van der Waals surface area (Å²) in [6.07, 6.45) is 0. The molecule has 0 saturated carbocycles. The van der Waals surface area contributed by atoms with Crippen LogP contribution in [0.5, 0.6) is 0 Å². The van der Waals surface area contributed by atoms with E-state index in [1.807, 2.05) is 6.92 Å². The van der Waals surface area contributed by atoms with Crippen molar-refractivity contribution in [1.29, 1.82) is 0 Å². The highest BCUT2D eigenvalue weighted by Gasteiger charge is 2.22. The second-order valence-electron chi connectivity index (χ2n) is 4.24. The number of hydrogen-bond acceptors (Lipinski definition) is 5. The van der Waals surface area contributed by atoms with Crippen LogP contribution in [-0.2, 0) is 4.74 Å². The molecule has 116 valence electrons. The zero-order valence-electron chi connectivity index (χ0n) is 12.2. The van der Waals surface area contributed by atoms with Crippen molar-refractivity contribution in [3.63, 3.8) is 0 Å². The molecule has 0 aromatic heterocycles. The Hall–Kier alpha value is -1.86. The van der Waals surface area contributed by atoms with Crippen molar-refractivity contribution in [2.75, 3.05) is 39.2 Å². The number of benzene rings is 1. The van der Waals surface area contributed by atoms with E-state index >= 15 is 0 Å². The third kappa shape index (κ3) is 4.05. The molecule has 1 aromatic carbocycles. The summed E-state index contributed by atoms with van der Waals surface area (Å²) in [5, 5.41) is 13.9. The van der Waals surface area contributed by atoms with Gasteiger partial charge in [0.05, 0.1) is 16.6 Å². The number of nitrogens with zero attached hydrogens (tertiary/aromatic N) is 2. The Morgan fingerprint density at radius 3 is 2.67 bits per heavy atom. The normalized spacial score (nSPS) is 10.3. The summed E-state index contributed by atoms with van der Waals surface area (Å²) in [6, 6.07) is 2.66. The standard InChI is InChI=1S/C13H18ClN3O4/c1-4-16(5-6-21-3)13(18)9-7-10(14)12(15-2)11(8-9)17(19)20/h7-8,15H,4-6H2,1-3H3. The molecule has 1 rings (SSSR count). The highest BCUT2D eigenvalue weighted by molar-refractivity contribution is 6.34. The molecular weight excluding hydrogens is 298 g/mol. The number of carbonyl (C=O) groups excluding carboxylic acids is 1. The summed E-state index contributed by atoms with van der Waals surface area (Å²) in [6.45, 7) is 3.10. The van der Waals surface area contributed by atoms with Gasteiger partial charge in [-0.2, -0.15) is 0 Å². The molecule has 0 radical (unpaired) electrons. The van der Waals surface area contributed by atoms with Crippen LogP contribution in [0.2, 0.25) is 5.02 Å². The first-order valence-electron chi connectivity index (χ1n) is 6.40. The van der Waals surface area contributed by atoms with Crippen molar-refractivity contribution in [2.45, 2.75) is 6.92 Å². The Kier molecular flexibility index (Phi) is 6.39. The Labute approximate surface area is 128 Å². The largest absolute Gasteiger partial charge is 0.383 e. The first-order chi connectivity index (χ1) is 9.96. The number of rotatable bonds is 7. The molecule has 1 aromatic rings. The summed E-state index contributed by atoms with van der Waals surface area (Å²) in [4.78, 5) is 24.4. The molecule has 0 fully saturated rings. The molecule has 0 spiro atoms. The monoisotopic (exact) mass is 315 g/mol. The van der Waals surface area contributed by atoms with Gasteiger partial charge in [-0.3, -0.25) is 14.9 Å². The van der Waals surface area contributed by atoms with Crippen molar-refractivity contribution in [1.82, 2.24) is 4.90 Å².